The van der Waals surface area contributed by atoms with Gasteiger partial charge in [0.25, 0.3) is 0 Å². The van der Waals surface area contributed by atoms with E-state index in [0.717, 1.165) is 44.7 Å². The number of amides is 1. The number of aromatic nitrogens is 1. The van der Waals surface area contributed by atoms with E-state index in [9.17, 15) is 18.0 Å². The van der Waals surface area contributed by atoms with Crippen molar-refractivity contribution in [3.05, 3.63) is 29.1 Å². The zero-order chi connectivity index (χ0) is 20.9. The monoisotopic (exact) mass is 423 g/mol. The van der Waals surface area contributed by atoms with Crippen LogP contribution in [0, 0.1) is 17.8 Å². The summed E-state index contributed by atoms with van der Waals surface area (Å²) in [6.07, 6.45) is 2.09. The Morgan fingerprint density at radius 3 is 2.67 bits per heavy atom. The van der Waals surface area contributed by atoms with E-state index in [1.807, 2.05) is 0 Å². The molecule has 1 amide bonds. The predicted molar refractivity (Wildman–Crippen MR) is 103 cm³/mol. The van der Waals surface area contributed by atoms with Crippen molar-refractivity contribution < 1.29 is 22.7 Å². The lowest BCUT2D eigenvalue weighted by Gasteiger charge is -2.33. The Morgan fingerprint density at radius 2 is 1.93 bits per heavy atom. The van der Waals surface area contributed by atoms with Gasteiger partial charge in [0.15, 0.2) is 0 Å². The van der Waals surface area contributed by atoms with Gasteiger partial charge in [-0.2, -0.15) is 13.2 Å². The summed E-state index contributed by atoms with van der Waals surface area (Å²) in [5, 5.41) is 3.82. The van der Waals surface area contributed by atoms with Gasteiger partial charge < -0.3 is 15.0 Å². The number of halogens is 3. The number of nitrogens with zero attached hydrogens (tertiary/aromatic N) is 2. The van der Waals surface area contributed by atoms with Crippen LogP contribution in [0.5, 0.6) is 0 Å². The average molecular weight is 423 g/mol. The molecule has 2 saturated carbocycles. The predicted octanol–water partition coefficient (Wildman–Crippen LogP) is 3.17. The van der Waals surface area contributed by atoms with Crippen LogP contribution in [-0.4, -0.2) is 47.6 Å². The molecule has 30 heavy (non-hydrogen) atoms. The molecule has 2 aliphatic heterocycles. The maximum atomic E-state index is 13.1. The highest BCUT2D eigenvalue weighted by Crippen LogP contribution is 2.38. The number of rotatable bonds is 3. The van der Waals surface area contributed by atoms with E-state index in [1.54, 1.807) is 4.90 Å². The van der Waals surface area contributed by atoms with E-state index in [0.29, 0.717) is 48.1 Å². The second kappa shape index (κ2) is 7.79. The smallest absolute Gasteiger partial charge is 0.381 e. The lowest BCUT2D eigenvalue weighted by molar-refractivity contribution is -0.137. The van der Waals surface area contributed by atoms with Crippen LogP contribution in [0.25, 0.3) is 0 Å². The number of alkyl halides is 3. The van der Waals surface area contributed by atoms with E-state index >= 15 is 0 Å². The van der Waals surface area contributed by atoms with Gasteiger partial charge in [-0.3, -0.25) is 9.78 Å². The van der Waals surface area contributed by atoms with Crippen LogP contribution in [0.15, 0.2) is 12.3 Å². The van der Waals surface area contributed by atoms with Crippen LogP contribution >= 0.6 is 0 Å². The first-order valence-corrected chi connectivity index (χ1v) is 11.1. The van der Waals surface area contributed by atoms with Crippen LogP contribution in [0.2, 0.25) is 0 Å². The maximum absolute atomic E-state index is 13.1. The van der Waals surface area contributed by atoms with Gasteiger partial charge in [0.1, 0.15) is 0 Å². The average Bonchev–Trinajstić information content (AvgIpc) is 3.26. The Labute approximate surface area is 174 Å². The molecule has 3 heterocycles. The van der Waals surface area contributed by atoms with Crippen molar-refractivity contribution in [2.75, 3.05) is 19.8 Å². The summed E-state index contributed by atoms with van der Waals surface area (Å²) < 4.78 is 44.7. The molecule has 3 fully saturated rings. The molecule has 1 aromatic heterocycles. The highest BCUT2D eigenvalue weighted by Gasteiger charge is 2.42. The molecule has 4 atom stereocenters. The van der Waals surface area contributed by atoms with E-state index < -0.39 is 11.7 Å². The number of carbonyl (C=O) groups is 1. The summed E-state index contributed by atoms with van der Waals surface area (Å²) in [5.41, 5.74) is 0.454. The molecule has 5 nitrogen and oxygen atoms in total. The molecular formula is C22H28F3N3O2. The van der Waals surface area contributed by atoms with Crippen LogP contribution in [0.1, 0.15) is 48.9 Å². The molecule has 4 aliphatic rings. The van der Waals surface area contributed by atoms with Crippen LogP contribution in [0.3, 0.4) is 0 Å². The molecular weight excluding hydrogens is 395 g/mol. The van der Waals surface area contributed by atoms with Gasteiger partial charge in [-0.25, -0.2) is 0 Å². The highest BCUT2D eigenvalue weighted by molar-refractivity contribution is 5.79. The molecule has 0 spiro atoms. The number of ether oxygens (including phenoxy) is 1. The standard InChI is InChI=1S/C22H28F3N3O2/c23-22(24,25)17-7-16-10-28(6-5-19(16)26-9-17)21(29)13-3-4-18(8-13)27-20-14-1-2-15(20)12-30-11-14/h7,9,13-15,18,20,27H,1-6,8,10-12H2/t13?,14?,15?,18-,20?/m1/s1. The fourth-order valence-electron chi connectivity index (χ4n) is 5.85. The van der Waals surface area contributed by atoms with Gasteiger partial charge in [-0.1, -0.05) is 0 Å². The highest BCUT2D eigenvalue weighted by atomic mass is 19.4. The summed E-state index contributed by atoms with van der Waals surface area (Å²) in [5.74, 6) is 1.22. The Morgan fingerprint density at radius 1 is 1.17 bits per heavy atom. The van der Waals surface area contributed by atoms with E-state index in [-0.39, 0.29) is 18.4 Å². The fourth-order valence-corrected chi connectivity index (χ4v) is 5.85. The summed E-state index contributed by atoms with van der Waals surface area (Å²) in [6.45, 7) is 2.43. The van der Waals surface area contributed by atoms with E-state index in [4.69, 9.17) is 4.74 Å². The minimum atomic E-state index is -4.41. The Balaban J connectivity index is 1.20. The molecule has 1 saturated heterocycles. The first-order valence-electron chi connectivity index (χ1n) is 11.1. The third-order valence-corrected chi connectivity index (χ3v) is 7.48. The molecule has 3 unspecified atom stereocenters. The zero-order valence-electron chi connectivity index (χ0n) is 17.0. The van der Waals surface area contributed by atoms with Crippen molar-refractivity contribution in [2.24, 2.45) is 17.8 Å². The number of nitrogens with one attached hydrogen (secondary N) is 1. The SMILES string of the molecule is O=C(C1CC[C@@H](NC2C3CCC2COC3)C1)N1CCc2ncc(C(F)(F)F)cc2C1. The molecule has 2 aliphatic carbocycles. The number of carbonyl (C=O) groups excluding carboxylic acids is 1. The second-order valence-electron chi connectivity index (χ2n) is 9.37. The molecule has 1 aromatic rings. The van der Waals surface area contributed by atoms with E-state index in [1.165, 1.54) is 12.8 Å². The van der Waals surface area contributed by atoms with Crippen molar-refractivity contribution >= 4 is 5.91 Å². The zero-order valence-corrected chi connectivity index (χ0v) is 17.0. The third-order valence-electron chi connectivity index (χ3n) is 7.48. The van der Waals surface area contributed by atoms with Gasteiger partial charge in [0.2, 0.25) is 5.91 Å². The molecule has 1 N–H and O–H groups in total. The number of fused-ring (bicyclic) bond motifs is 3. The lowest BCUT2D eigenvalue weighted by Crippen LogP contribution is -2.48. The summed E-state index contributed by atoms with van der Waals surface area (Å²) in [7, 11) is 0. The number of hydrogen-bond acceptors (Lipinski definition) is 4. The van der Waals surface area contributed by atoms with Crippen molar-refractivity contribution in [1.29, 1.82) is 0 Å². The molecule has 5 rings (SSSR count). The van der Waals surface area contributed by atoms with Gasteiger partial charge in [-0.15, -0.1) is 0 Å². The minimum absolute atomic E-state index is 0.0414. The van der Waals surface area contributed by atoms with Gasteiger partial charge >= 0.3 is 6.18 Å². The summed E-state index contributed by atoms with van der Waals surface area (Å²) in [6, 6.07) is 2.01. The quantitative estimate of drug-likeness (QED) is 0.812. The molecule has 164 valence electrons. The van der Waals surface area contributed by atoms with Crippen LogP contribution in [-0.2, 0) is 28.7 Å². The first-order chi connectivity index (χ1) is 14.4. The molecule has 2 bridgehead atoms. The van der Waals surface area contributed by atoms with Crippen molar-refractivity contribution in [1.82, 2.24) is 15.2 Å². The Bertz CT molecular complexity index is 799. The van der Waals surface area contributed by atoms with Gasteiger partial charge in [-0.05, 0) is 55.6 Å². The van der Waals surface area contributed by atoms with Crippen molar-refractivity contribution in [3.63, 3.8) is 0 Å². The van der Waals surface area contributed by atoms with Crippen LogP contribution < -0.4 is 5.32 Å². The Hall–Kier alpha value is -1.67. The summed E-state index contributed by atoms with van der Waals surface area (Å²) >= 11 is 0. The van der Waals surface area contributed by atoms with Gasteiger partial charge in [0.05, 0.1) is 18.8 Å². The number of pyridine rings is 1. The fraction of sp³-hybridized carbons (Fsp3) is 0.727. The molecule has 0 radical (unpaired) electrons. The molecule has 0 aromatic carbocycles. The normalized spacial score (nSPS) is 33.6. The lowest BCUT2D eigenvalue weighted by atomic mass is 9.95. The maximum Gasteiger partial charge on any atom is 0.417 e. The third kappa shape index (κ3) is 3.84. The number of hydrogen-bond donors (Lipinski definition) is 1. The van der Waals surface area contributed by atoms with Crippen molar-refractivity contribution in [3.8, 4) is 0 Å². The van der Waals surface area contributed by atoms with Crippen LogP contribution in [0.4, 0.5) is 13.2 Å². The first kappa shape index (κ1) is 20.2. The Kier molecular flexibility index (Phi) is 5.25. The van der Waals surface area contributed by atoms with E-state index in [2.05, 4.69) is 10.3 Å². The minimum Gasteiger partial charge on any atom is -0.381 e. The van der Waals surface area contributed by atoms with Crippen molar-refractivity contribution in [2.45, 2.75) is 63.3 Å². The largest absolute Gasteiger partial charge is 0.417 e. The molecule has 8 heteroatoms. The topological polar surface area (TPSA) is 54.5 Å². The summed E-state index contributed by atoms with van der Waals surface area (Å²) in [4.78, 5) is 18.8. The van der Waals surface area contributed by atoms with Gasteiger partial charge in [0, 0.05) is 49.4 Å². The second-order valence-corrected chi connectivity index (χ2v) is 9.37.